The highest BCUT2D eigenvalue weighted by atomic mass is 16.5. The van der Waals surface area contributed by atoms with Crippen molar-refractivity contribution in [1.29, 1.82) is 0 Å². The largest absolute Gasteiger partial charge is 0.492 e. The first kappa shape index (κ1) is 13.3. The van der Waals surface area contributed by atoms with Crippen molar-refractivity contribution in [2.45, 2.75) is 52.1 Å². The van der Waals surface area contributed by atoms with Crippen molar-refractivity contribution in [1.82, 2.24) is 4.98 Å². The molecule has 3 nitrogen and oxygen atoms in total. The molecule has 1 aromatic heterocycles. The molecule has 18 heavy (non-hydrogen) atoms. The molecule has 100 valence electrons. The van der Waals surface area contributed by atoms with Gasteiger partial charge < -0.3 is 9.84 Å². The maximum Gasteiger partial charge on any atom is 0.137 e. The quantitative estimate of drug-likeness (QED) is 0.890. The Morgan fingerprint density at radius 2 is 2.11 bits per heavy atom. The summed E-state index contributed by atoms with van der Waals surface area (Å²) in [4.78, 5) is 4.19. The van der Waals surface area contributed by atoms with Crippen LogP contribution in [0.1, 0.15) is 52.0 Å². The van der Waals surface area contributed by atoms with Gasteiger partial charge in [0.05, 0.1) is 18.4 Å². The summed E-state index contributed by atoms with van der Waals surface area (Å²) in [5.41, 5.74) is 0.360. The Kier molecular flexibility index (Phi) is 3.62. The number of aromatic nitrogens is 1. The third kappa shape index (κ3) is 2.83. The molecule has 1 atom stereocenters. The predicted molar refractivity (Wildman–Crippen MR) is 71.6 cm³/mol. The molecule has 0 aromatic carbocycles. The van der Waals surface area contributed by atoms with E-state index < -0.39 is 5.60 Å². The smallest absolute Gasteiger partial charge is 0.137 e. The minimum Gasteiger partial charge on any atom is -0.492 e. The second-order valence-electron chi connectivity index (χ2n) is 6.13. The van der Waals surface area contributed by atoms with Crippen molar-refractivity contribution in [2.24, 2.45) is 5.41 Å². The first-order chi connectivity index (χ1) is 8.45. The van der Waals surface area contributed by atoms with Crippen LogP contribution in [0.25, 0.3) is 0 Å². The van der Waals surface area contributed by atoms with Gasteiger partial charge >= 0.3 is 0 Å². The molecule has 1 saturated carbocycles. The van der Waals surface area contributed by atoms with E-state index in [1.165, 1.54) is 0 Å². The van der Waals surface area contributed by atoms with Crippen LogP contribution in [0.2, 0.25) is 0 Å². The lowest BCUT2D eigenvalue weighted by Crippen LogP contribution is -2.23. The fraction of sp³-hybridized carbons (Fsp3) is 0.667. The average molecular weight is 249 g/mol. The van der Waals surface area contributed by atoms with Crippen molar-refractivity contribution < 1.29 is 9.84 Å². The summed E-state index contributed by atoms with van der Waals surface area (Å²) in [6.07, 6.45) is 7.09. The third-order valence-corrected chi connectivity index (χ3v) is 3.71. The monoisotopic (exact) mass is 249 g/mol. The minimum atomic E-state index is -0.734. The molecule has 3 heteroatoms. The van der Waals surface area contributed by atoms with E-state index in [1.807, 2.05) is 6.07 Å². The molecule has 1 heterocycles. The van der Waals surface area contributed by atoms with Crippen LogP contribution in [-0.2, 0) is 5.60 Å². The Morgan fingerprint density at radius 3 is 2.72 bits per heavy atom. The van der Waals surface area contributed by atoms with Gasteiger partial charge in [-0.25, -0.2) is 0 Å². The molecule has 1 aliphatic rings. The summed E-state index contributed by atoms with van der Waals surface area (Å²) in [5, 5.41) is 10.8. The van der Waals surface area contributed by atoms with E-state index in [0.717, 1.165) is 37.0 Å². The highest BCUT2D eigenvalue weighted by molar-refractivity contribution is 5.29. The minimum absolute atomic E-state index is 0.203. The van der Waals surface area contributed by atoms with E-state index >= 15 is 0 Å². The van der Waals surface area contributed by atoms with E-state index in [1.54, 1.807) is 12.4 Å². The average Bonchev–Trinajstić information content (AvgIpc) is 2.63. The van der Waals surface area contributed by atoms with E-state index in [4.69, 9.17) is 4.74 Å². The first-order valence-electron chi connectivity index (χ1n) is 6.76. The molecular formula is C15H23NO2. The van der Waals surface area contributed by atoms with Crippen molar-refractivity contribution in [3.8, 4) is 5.75 Å². The number of ether oxygens (including phenoxy) is 1. The van der Waals surface area contributed by atoms with Crippen molar-refractivity contribution in [2.75, 3.05) is 6.61 Å². The number of aliphatic hydroxyl groups is 1. The molecule has 2 rings (SSSR count). The lowest BCUT2D eigenvalue weighted by Gasteiger charge is -2.25. The number of hydrogen-bond donors (Lipinski definition) is 1. The predicted octanol–water partition coefficient (Wildman–Crippen LogP) is 3.27. The summed E-state index contributed by atoms with van der Waals surface area (Å²) in [5.74, 6) is 0.757. The summed E-state index contributed by atoms with van der Waals surface area (Å²) in [6.45, 7) is 7.17. The fourth-order valence-corrected chi connectivity index (χ4v) is 2.73. The molecule has 0 saturated heterocycles. The number of pyridine rings is 1. The molecule has 0 spiro atoms. The topological polar surface area (TPSA) is 42.4 Å². The molecule has 1 aliphatic carbocycles. The molecule has 0 amide bonds. The van der Waals surface area contributed by atoms with Crippen LogP contribution in [-0.4, -0.2) is 16.7 Å². The van der Waals surface area contributed by atoms with Gasteiger partial charge in [0, 0.05) is 11.8 Å². The van der Waals surface area contributed by atoms with Crippen molar-refractivity contribution in [3.05, 3.63) is 24.0 Å². The van der Waals surface area contributed by atoms with Crippen LogP contribution >= 0.6 is 0 Å². The number of hydrogen-bond acceptors (Lipinski definition) is 3. The molecule has 1 unspecified atom stereocenters. The van der Waals surface area contributed by atoms with Gasteiger partial charge in [-0.15, -0.1) is 0 Å². The zero-order valence-corrected chi connectivity index (χ0v) is 11.6. The zero-order chi connectivity index (χ0) is 13.2. The van der Waals surface area contributed by atoms with Gasteiger partial charge in [0.1, 0.15) is 5.75 Å². The van der Waals surface area contributed by atoms with Gasteiger partial charge in [-0.05, 0) is 37.2 Å². The summed E-state index contributed by atoms with van der Waals surface area (Å²) < 4.78 is 5.58. The van der Waals surface area contributed by atoms with Gasteiger partial charge in [-0.1, -0.05) is 20.8 Å². The second kappa shape index (κ2) is 4.88. The van der Waals surface area contributed by atoms with Crippen LogP contribution in [0, 0.1) is 5.41 Å². The third-order valence-electron chi connectivity index (χ3n) is 3.71. The van der Waals surface area contributed by atoms with E-state index in [9.17, 15) is 5.11 Å². The lowest BCUT2D eigenvalue weighted by atomic mass is 9.86. The zero-order valence-electron chi connectivity index (χ0n) is 11.6. The van der Waals surface area contributed by atoms with E-state index in [0.29, 0.717) is 6.61 Å². The molecule has 1 aromatic rings. The molecule has 0 bridgehead atoms. The fourth-order valence-electron chi connectivity index (χ4n) is 2.73. The second-order valence-corrected chi connectivity index (χ2v) is 6.13. The summed E-state index contributed by atoms with van der Waals surface area (Å²) in [6, 6.07) is 1.93. The number of nitrogens with zero attached hydrogens (tertiary/aromatic N) is 1. The lowest BCUT2D eigenvalue weighted by molar-refractivity contribution is 0.0332. The highest BCUT2D eigenvalue weighted by Crippen LogP contribution is 2.49. The maximum absolute atomic E-state index is 10.8. The molecule has 1 fully saturated rings. The summed E-state index contributed by atoms with van der Waals surface area (Å²) >= 11 is 0. The normalized spacial score (nSPS) is 26.2. The van der Waals surface area contributed by atoms with E-state index in [-0.39, 0.29) is 5.41 Å². The highest BCUT2D eigenvalue weighted by Gasteiger charge is 2.43. The maximum atomic E-state index is 10.8. The Bertz CT molecular complexity index is 417. The van der Waals surface area contributed by atoms with Gasteiger partial charge in [-0.2, -0.15) is 0 Å². The van der Waals surface area contributed by atoms with E-state index in [2.05, 4.69) is 25.8 Å². The van der Waals surface area contributed by atoms with Crippen LogP contribution in [0.3, 0.4) is 0 Å². The Labute approximate surface area is 109 Å². The summed E-state index contributed by atoms with van der Waals surface area (Å²) in [7, 11) is 0. The first-order valence-corrected chi connectivity index (χ1v) is 6.76. The Hall–Kier alpha value is -1.09. The van der Waals surface area contributed by atoms with Crippen molar-refractivity contribution in [3.63, 3.8) is 0 Å². The van der Waals surface area contributed by atoms with Gasteiger partial charge in [0.25, 0.3) is 0 Å². The molecule has 0 aliphatic heterocycles. The van der Waals surface area contributed by atoms with Gasteiger partial charge in [0.15, 0.2) is 0 Å². The standard InChI is InChI=1S/C15H23NO2/c1-4-7-18-13-8-12(9-16-10-13)15(17)6-5-14(2,3)11-15/h8-10,17H,4-7,11H2,1-3H3. The molecule has 0 radical (unpaired) electrons. The van der Waals surface area contributed by atoms with Crippen LogP contribution in [0.5, 0.6) is 5.75 Å². The van der Waals surface area contributed by atoms with Gasteiger partial charge in [-0.3, -0.25) is 4.98 Å². The van der Waals surface area contributed by atoms with Gasteiger partial charge in [0.2, 0.25) is 0 Å². The number of rotatable bonds is 4. The Morgan fingerprint density at radius 1 is 1.33 bits per heavy atom. The Balaban J connectivity index is 2.18. The van der Waals surface area contributed by atoms with Crippen LogP contribution < -0.4 is 4.74 Å². The van der Waals surface area contributed by atoms with Crippen molar-refractivity contribution >= 4 is 0 Å². The van der Waals surface area contributed by atoms with Crippen LogP contribution in [0.4, 0.5) is 0 Å². The molecular weight excluding hydrogens is 226 g/mol. The SMILES string of the molecule is CCCOc1cncc(C2(O)CCC(C)(C)C2)c1. The van der Waals surface area contributed by atoms with Crippen LogP contribution in [0.15, 0.2) is 18.5 Å². The molecule has 1 N–H and O–H groups in total.